The van der Waals surface area contributed by atoms with Gasteiger partial charge in [-0.2, -0.15) is 8.78 Å². The lowest BCUT2D eigenvalue weighted by Crippen LogP contribution is -2.28. The van der Waals surface area contributed by atoms with Gasteiger partial charge in [-0.05, 0) is 11.4 Å². The van der Waals surface area contributed by atoms with E-state index in [4.69, 9.17) is 5.11 Å². The van der Waals surface area contributed by atoms with Gasteiger partial charge in [-0.15, -0.1) is 11.3 Å². The molecule has 1 aromatic rings. The van der Waals surface area contributed by atoms with Crippen molar-refractivity contribution in [2.24, 2.45) is 0 Å². The van der Waals surface area contributed by atoms with Gasteiger partial charge in [0.05, 0.1) is 6.42 Å². The molecule has 0 radical (unpaired) electrons. The molecule has 1 rings (SSSR count). The van der Waals surface area contributed by atoms with Crippen LogP contribution in [0.15, 0.2) is 11.4 Å². The summed E-state index contributed by atoms with van der Waals surface area (Å²) in [6.45, 7) is -3.00. The number of thiophene rings is 1. The van der Waals surface area contributed by atoms with Gasteiger partial charge in [0, 0.05) is 13.6 Å². The lowest BCUT2D eigenvalue weighted by atomic mass is 10.3. The highest BCUT2D eigenvalue weighted by Crippen LogP contribution is 2.27. The molecule has 0 spiro atoms. The van der Waals surface area contributed by atoms with Crippen molar-refractivity contribution in [1.29, 1.82) is 0 Å². The van der Waals surface area contributed by atoms with Crippen LogP contribution in [0.2, 0.25) is 0 Å². The number of ether oxygens (including phenoxy) is 1. The van der Waals surface area contributed by atoms with Crippen LogP contribution in [-0.2, 0) is 4.79 Å². The Labute approximate surface area is 106 Å². The second-order valence-electron chi connectivity index (χ2n) is 3.36. The van der Waals surface area contributed by atoms with Crippen molar-refractivity contribution in [3.05, 3.63) is 16.3 Å². The van der Waals surface area contributed by atoms with E-state index in [1.54, 1.807) is 0 Å². The largest absolute Gasteiger partial charge is 0.481 e. The first-order valence-corrected chi connectivity index (χ1v) is 5.79. The van der Waals surface area contributed by atoms with Crippen LogP contribution in [0.4, 0.5) is 8.78 Å². The molecular formula is C10H11F2NO4S. The maximum atomic E-state index is 12.1. The van der Waals surface area contributed by atoms with E-state index in [2.05, 4.69) is 4.74 Å². The molecule has 0 aliphatic carbocycles. The number of hydrogen-bond donors (Lipinski definition) is 1. The maximum absolute atomic E-state index is 12.1. The zero-order valence-corrected chi connectivity index (χ0v) is 10.2. The molecule has 0 saturated heterocycles. The number of carboxylic acid groups (broad SMARTS) is 1. The van der Waals surface area contributed by atoms with Crippen molar-refractivity contribution in [3.8, 4) is 5.75 Å². The van der Waals surface area contributed by atoms with Crippen LogP contribution < -0.4 is 4.74 Å². The van der Waals surface area contributed by atoms with Gasteiger partial charge in [-0.3, -0.25) is 9.59 Å². The molecular weight excluding hydrogens is 268 g/mol. The highest BCUT2D eigenvalue weighted by Gasteiger charge is 2.20. The van der Waals surface area contributed by atoms with Gasteiger partial charge >= 0.3 is 12.6 Å². The Morgan fingerprint density at radius 1 is 1.56 bits per heavy atom. The fourth-order valence-electron chi connectivity index (χ4n) is 1.18. The normalized spacial score (nSPS) is 10.4. The number of rotatable bonds is 6. The first kappa shape index (κ1) is 14.4. The van der Waals surface area contributed by atoms with E-state index < -0.39 is 18.5 Å². The molecule has 0 bridgehead atoms. The van der Waals surface area contributed by atoms with Gasteiger partial charge in [0.1, 0.15) is 10.6 Å². The first-order valence-electron chi connectivity index (χ1n) is 4.91. The topological polar surface area (TPSA) is 66.8 Å². The van der Waals surface area contributed by atoms with E-state index in [-0.39, 0.29) is 23.6 Å². The SMILES string of the molecule is CN(CCC(=O)O)C(=O)c1sccc1OC(F)F. The number of carbonyl (C=O) groups is 2. The summed E-state index contributed by atoms with van der Waals surface area (Å²) in [4.78, 5) is 23.4. The molecule has 8 heteroatoms. The predicted octanol–water partition coefficient (Wildman–Crippen LogP) is 1.90. The fraction of sp³-hybridized carbons (Fsp3) is 0.400. The number of amides is 1. The molecule has 1 heterocycles. The van der Waals surface area contributed by atoms with E-state index in [9.17, 15) is 18.4 Å². The minimum Gasteiger partial charge on any atom is -0.481 e. The minimum atomic E-state index is -3.00. The first-order chi connectivity index (χ1) is 8.41. The summed E-state index contributed by atoms with van der Waals surface area (Å²) in [5.41, 5.74) is 0. The summed E-state index contributed by atoms with van der Waals surface area (Å²) in [6.07, 6.45) is -0.210. The second kappa shape index (κ2) is 6.29. The van der Waals surface area contributed by atoms with Gasteiger partial charge in [0.25, 0.3) is 5.91 Å². The van der Waals surface area contributed by atoms with Crippen LogP contribution in [0.3, 0.4) is 0 Å². The third-order valence-electron chi connectivity index (χ3n) is 2.05. The van der Waals surface area contributed by atoms with E-state index in [1.807, 2.05) is 0 Å². The number of halogens is 2. The molecule has 1 aromatic heterocycles. The highest BCUT2D eigenvalue weighted by atomic mass is 32.1. The molecule has 0 aliphatic heterocycles. The fourth-order valence-corrected chi connectivity index (χ4v) is 2.00. The number of hydrogen-bond acceptors (Lipinski definition) is 4. The van der Waals surface area contributed by atoms with Crippen molar-refractivity contribution >= 4 is 23.2 Å². The minimum absolute atomic E-state index is 0.000184. The number of carboxylic acids is 1. The van der Waals surface area contributed by atoms with Crippen molar-refractivity contribution in [2.45, 2.75) is 13.0 Å². The summed E-state index contributed by atoms with van der Waals surface area (Å²) < 4.78 is 28.3. The van der Waals surface area contributed by atoms with E-state index in [0.29, 0.717) is 0 Å². The molecule has 5 nitrogen and oxygen atoms in total. The van der Waals surface area contributed by atoms with Crippen molar-refractivity contribution in [2.75, 3.05) is 13.6 Å². The number of carbonyl (C=O) groups excluding carboxylic acids is 1. The van der Waals surface area contributed by atoms with Gasteiger partial charge < -0.3 is 14.7 Å². The van der Waals surface area contributed by atoms with Crippen LogP contribution >= 0.6 is 11.3 Å². The third kappa shape index (κ3) is 3.95. The molecule has 0 aliphatic rings. The molecule has 1 N–H and O–H groups in total. The monoisotopic (exact) mass is 279 g/mol. The zero-order chi connectivity index (χ0) is 13.7. The Bertz CT molecular complexity index is 435. The van der Waals surface area contributed by atoms with E-state index in [1.165, 1.54) is 18.5 Å². The van der Waals surface area contributed by atoms with Crippen molar-refractivity contribution in [1.82, 2.24) is 4.90 Å². The average Bonchev–Trinajstić information content (AvgIpc) is 2.71. The molecule has 1 amide bonds. The standard InChI is InChI=1S/C10H11F2NO4S/c1-13(4-2-7(14)15)9(16)8-6(3-5-18-8)17-10(11)12/h3,5,10H,2,4H2,1H3,(H,14,15). The summed E-state index contributed by atoms with van der Waals surface area (Å²) in [5.74, 6) is -1.77. The molecule has 0 unspecified atom stereocenters. The third-order valence-corrected chi connectivity index (χ3v) is 2.93. The summed E-state index contributed by atoms with van der Waals surface area (Å²) in [6, 6.07) is 1.27. The van der Waals surface area contributed by atoms with Crippen LogP contribution in [0.5, 0.6) is 5.75 Å². The Kier molecular flexibility index (Phi) is 5.02. The zero-order valence-electron chi connectivity index (χ0n) is 9.43. The average molecular weight is 279 g/mol. The van der Waals surface area contributed by atoms with Crippen molar-refractivity contribution < 1.29 is 28.2 Å². The second-order valence-corrected chi connectivity index (χ2v) is 4.28. The highest BCUT2D eigenvalue weighted by molar-refractivity contribution is 7.12. The molecule has 0 aromatic carbocycles. The van der Waals surface area contributed by atoms with Crippen LogP contribution in [0, 0.1) is 0 Å². The van der Waals surface area contributed by atoms with Gasteiger partial charge in [0.15, 0.2) is 0 Å². The number of alkyl halides is 2. The van der Waals surface area contributed by atoms with Crippen LogP contribution in [0.25, 0.3) is 0 Å². The Balaban J connectivity index is 2.71. The summed E-state index contributed by atoms with van der Waals surface area (Å²) in [7, 11) is 1.40. The Morgan fingerprint density at radius 2 is 2.22 bits per heavy atom. The summed E-state index contributed by atoms with van der Waals surface area (Å²) >= 11 is 0.965. The maximum Gasteiger partial charge on any atom is 0.387 e. The van der Waals surface area contributed by atoms with Crippen LogP contribution in [0.1, 0.15) is 16.1 Å². The number of nitrogens with zero attached hydrogens (tertiary/aromatic N) is 1. The number of aliphatic carboxylic acids is 1. The van der Waals surface area contributed by atoms with E-state index in [0.717, 1.165) is 16.2 Å². The molecule has 18 heavy (non-hydrogen) atoms. The van der Waals surface area contributed by atoms with E-state index >= 15 is 0 Å². The molecule has 0 fully saturated rings. The molecule has 0 atom stereocenters. The smallest absolute Gasteiger partial charge is 0.387 e. The lowest BCUT2D eigenvalue weighted by molar-refractivity contribution is -0.137. The Hall–Kier alpha value is -1.70. The predicted molar refractivity (Wildman–Crippen MR) is 60.2 cm³/mol. The van der Waals surface area contributed by atoms with Crippen LogP contribution in [-0.4, -0.2) is 42.1 Å². The van der Waals surface area contributed by atoms with Crippen molar-refractivity contribution in [3.63, 3.8) is 0 Å². The quantitative estimate of drug-likeness (QED) is 0.863. The van der Waals surface area contributed by atoms with Gasteiger partial charge in [-0.1, -0.05) is 0 Å². The molecule has 0 saturated carbocycles. The summed E-state index contributed by atoms with van der Waals surface area (Å²) in [5, 5.41) is 9.94. The molecule has 100 valence electrons. The van der Waals surface area contributed by atoms with Gasteiger partial charge in [0.2, 0.25) is 0 Å². The lowest BCUT2D eigenvalue weighted by Gasteiger charge is -2.15. The Morgan fingerprint density at radius 3 is 2.78 bits per heavy atom. The van der Waals surface area contributed by atoms with Gasteiger partial charge in [-0.25, -0.2) is 0 Å².